The van der Waals surface area contributed by atoms with Crippen LogP contribution in [-0.4, -0.2) is 26.3 Å². The molecule has 0 saturated heterocycles. The third kappa shape index (κ3) is 4.36. The summed E-state index contributed by atoms with van der Waals surface area (Å²) >= 11 is 6.95. The molecule has 0 spiro atoms. The molecule has 0 bridgehead atoms. The molecule has 0 amide bonds. The summed E-state index contributed by atoms with van der Waals surface area (Å²) in [5.41, 5.74) is 0. The van der Waals surface area contributed by atoms with Crippen molar-refractivity contribution in [1.82, 2.24) is 5.32 Å². The lowest BCUT2D eigenvalue weighted by atomic mass is 10.2. The van der Waals surface area contributed by atoms with Crippen molar-refractivity contribution in [3.63, 3.8) is 0 Å². The van der Waals surface area contributed by atoms with E-state index in [2.05, 4.69) is 44.1 Å². The molecule has 1 aliphatic carbocycles. The molecule has 0 radical (unpaired) electrons. The standard InChI is InChI=1S/C14H19Br2NO2/c1-9(10-3-4-10)17-5-6-19-14-8-11(15)13(18-2)7-12(14)16/h7-10,17H,3-6H2,1-2H3. The van der Waals surface area contributed by atoms with Gasteiger partial charge in [0.2, 0.25) is 0 Å². The summed E-state index contributed by atoms with van der Waals surface area (Å²) in [5, 5.41) is 3.49. The first-order valence-corrected chi connectivity index (χ1v) is 8.09. The zero-order valence-corrected chi connectivity index (χ0v) is 14.4. The lowest BCUT2D eigenvalue weighted by molar-refractivity contribution is 0.300. The van der Waals surface area contributed by atoms with Crippen LogP contribution in [0.1, 0.15) is 19.8 Å². The number of methoxy groups -OCH3 is 1. The van der Waals surface area contributed by atoms with Gasteiger partial charge in [-0.15, -0.1) is 0 Å². The molecule has 0 aliphatic heterocycles. The highest BCUT2D eigenvalue weighted by Crippen LogP contribution is 2.36. The van der Waals surface area contributed by atoms with Crippen molar-refractivity contribution in [3.05, 3.63) is 21.1 Å². The van der Waals surface area contributed by atoms with Gasteiger partial charge in [-0.25, -0.2) is 0 Å². The Morgan fingerprint density at radius 1 is 1.26 bits per heavy atom. The second kappa shape index (κ2) is 6.95. The molecule has 2 rings (SSSR count). The fraction of sp³-hybridized carbons (Fsp3) is 0.571. The molecule has 106 valence electrons. The maximum Gasteiger partial charge on any atom is 0.134 e. The predicted octanol–water partition coefficient (Wildman–Crippen LogP) is 3.99. The first kappa shape index (κ1) is 15.1. The van der Waals surface area contributed by atoms with Crippen LogP contribution >= 0.6 is 31.9 Å². The van der Waals surface area contributed by atoms with Gasteiger partial charge in [0.1, 0.15) is 18.1 Å². The van der Waals surface area contributed by atoms with E-state index in [0.717, 1.165) is 32.9 Å². The van der Waals surface area contributed by atoms with Gasteiger partial charge in [-0.05, 0) is 69.7 Å². The quantitative estimate of drug-likeness (QED) is 0.711. The number of hydrogen-bond acceptors (Lipinski definition) is 3. The molecule has 1 aromatic carbocycles. The van der Waals surface area contributed by atoms with Crippen molar-refractivity contribution >= 4 is 31.9 Å². The molecule has 1 fully saturated rings. The Hall–Kier alpha value is -0.260. The number of benzene rings is 1. The topological polar surface area (TPSA) is 30.5 Å². The van der Waals surface area contributed by atoms with Crippen LogP contribution in [0.25, 0.3) is 0 Å². The minimum atomic E-state index is 0.606. The largest absolute Gasteiger partial charge is 0.496 e. The van der Waals surface area contributed by atoms with Crippen LogP contribution < -0.4 is 14.8 Å². The minimum Gasteiger partial charge on any atom is -0.496 e. The summed E-state index contributed by atoms with van der Waals surface area (Å²) in [6, 6.07) is 4.43. The number of nitrogens with one attached hydrogen (secondary N) is 1. The van der Waals surface area contributed by atoms with E-state index in [1.54, 1.807) is 7.11 Å². The number of halogens is 2. The Morgan fingerprint density at radius 2 is 1.89 bits per heavy atom. The molecule has 1 unspecified atom stereocenters. The van der Waals surface area contributed by atoms with E-state index >= 15 is 0 Å². The van der Waals surface area contributed by atoms with Crippen LogP contribution in [-0.2, 0) is 0 Å². The van der Waals surface area contributed by atoms with Crippen LogP contribution in [0.5, 0.6) is 11.5 Å². The molecular formula is C14H19Br2NO2. The summed E-state index contributed by atoms with van der Waals surface area (Å²) in [5.74, 6) is 2.50. The van der Waals surface area contributed by atoms with Crippen LogP contribution in [0.2, 0.25) is 0 Å². The Labute approximate surface area is 131 Å². The maximum absolute atomic E-state index is 5.77. The molecule has 1 aromatic rings. The Balaban J connectivity index is 1.80. The molecule has 0 aromatic heterocycles. The molecule has 1 atom stereocenters. The van der Waals surface area contributed by atoms with E-state index < -0.39 is 0 Å². The van der Waals surface area contributed by atoms with Crippen LogP contribution in [0.3, 0.4) is 0 Å². The first-order valence-electron chi connectivity index (χ1n) is 6.51. The summed E-state index contributed by atoms with van der Waals surface area (Å²) in [7, 11) is 1.65. The Morgan fingerprint density at radius 3 is 2.53 bits per heavy atom. The SMILES string of the molecule is COc1cc(Br)c(OCCNC(C)C2CC2)cc1Br. The molecular weight excluding hydrogens is 374 g/mol. The Kier molecular flexibility index (Phi) is 5.54. The zero-order valence-electron chi connectivity index (χ0n) is 11.2. The highest BCUT2D eigenvalue weighted by molar-refractivity contribution is 9.11. The summed E-state index contributed by atoms with van der Waals surface area (Å²) < 4.78 is 12.8. The first-order chi connectivity index (χ1) is 9.11. The highest BCUT2D eigenvalue weighted by Gasteiger charge is 2.27. The van der Waals surface area contributed by atoms with Gasteiger partial charge in [0.25, 0.3) is 0 Å². The van der Waals surface area contributed by atoms with E-state index in [9.17, 15) is 0 Å². The van der Waals surface area contributed by atoms with E-state index in [1.807, 2.05) is 12.1 Å². The zero-order chi connectivity index (χ0) is 13.8. The van der Waals surface area contributed by atoms with Crippen molar-refractivity contribution in [3.8, 4) is 11.5 Å². The molecule has 3 nitrogen and oxygen atoms in total. The molecule has 0 heterocycles. The molecule has 19 heavy (non-hydrogen) atoms. The van der Waals surface area contributed by atoms with Gasteiger partial charge in [-0.2, -0.15) is 0 Å². The Bertz CT molecular complexity index is 436. The lowest BCUT2D eigenvalue weighted by Gasteiger charge is -2.14. The number of rotatable bonds is 7. The second-order valence-electron chi connectivity index (χ2n) is 4.85. The average molecular weight is 393 g/mol. The summed E-state index contributed by atoms with van der Waals surface area (Å²) in [6.07, 6.45) is 2.73. The second-order valence-corrected chi connectivity index (χ2v) is 6.55. The van der Waals surface area contributed by atoms with Crippen molar-refractivity contribution in [2.75, 3.05) is 20.3 Å². The van der Waals surface area contributed by atoms with E-state index in [4.69, 9.17) is 9.47 Å². The molecule has 1 aliphatic rings. The predicted molar refractivity (Wildman–Crippen MR) is 84.1 cm³/mol. The third-order valence-electron chi connectivity index (χ3n) is 3.36. The van der Waals surface area contributed by atoms with Gasteiger partial charge in [0, 0.05) is 12.6 Å². The lowest BCUT2D eigenvalue weighted by Crippen LogP contribution is -2.31. The van der Waals surface area contributed by atoms with E-state index in [0.29, 0.717) is 12.6 Å². The van der Waals surface area contributed by atoms with Crippen molar-refractivity contribution < 1.29 is 9.47 Å². The third-order valence-corrected chi connectivity index (χ3v) is 4.60. The van der Waals surface area contributed by atoms with Crippen LogP contribution in [0, 0.1) is 5.92 Å². The maximum atomic E-state index is 5.77. The van der Waals surface area contributed by atoms with E-state index in [1.165, 1.54) is 12.8 Å². The van der Waals surface area contributed by atoms with Gasteiger partial charge in [-0.1, -0.05) is 0 Å². The fourth-order valence-electron chi connectivity index (χ4n) is 1.99. The van der Waals surface area contributed by atoms with E-state index in [-0.39, 0.29) is 0 Å². The summed E-state index contributed by atoms with van der Waals surface area (Å²) in [6.45, 7) is 3.78. The summed E-state index contributed by atoms with van der Waals surface area (Å²) in [4.78, 5) is 0. The molecule has 5 heteroatoms. The normalized spacial score (nSPS) is 16.2. The van der Waals surface area contributed by atoms with Crippen LogP contribution in [0.15, 0.2) is 21.1 Å². The van der Waals surface area contributed by atoms with Gasteiger partial charge >= 0.3 is 0 Å². The average Bonchev–Trinajstić information content (AvgIpc) is 3.22. The highest BCUT2D eigenvalue weighted by atomic mass is 79.9. The van der Waals surface area contributed by atoms with Gasteiger partial charge in [0.05, 0.1) is 16.1 Å². The van der Waals surface area contributed by atoms with Crippen LogP contribution in [0.4, 0.5) is 0 Å². The van der Waals surface area contributed by atoms with Crippen molar-refractivity contribution in [2.24, 2.45) is 5.92 Å². The van der Waals surface area contributed by atoms with Crippen molar-refractivity contribution in [1.29, 1.82) is 0 Å². The van der Waals surface area contributed by atoms with Crippen molar-refractivity contribution in [2.45, 2.75) is 25.8 Å². The fourth-order valence-corrected chi connectivity index (χ4v) is 2.91. The monoisotopic (exact) mass is 391 g/mol. The smallest absolute Gasteiger partial charge is 0.134 e. The minimum absolute atomic E-state index is 0.606. The number of hydrogen-bond donors (Lipinski definition) is 1. The molecule has 1 N–H and O–H groups in total. The van der Waals surface area contributed by atoms with Gasteiger partial charge in [-0.3, -0.25) is 0 Å². The van der Waals surface area contributed by atoms with Gasteiger partial charge in [0.15, 0.2) is 0 Å². The van der Waals surface area contributed by atoms with Gasteiger partial charge < -0.3 is 14.8 Å². The molecule has 1 saturated carbocycles. The number of ether oxygens (including phenoxy) is 2.